The van der Waals surface area contributed by atoms with Crippen molar-refractivity contribution in [2.75, 3.05) is 0 Å². The summed E-state index contributed by atoms with van der Waals surface area (Å²) in [6.07, 6.45) is 1.77. The smallest absolute Gasteiger partial charge is 0.250 e. The molecule has 0 aliphatic heterocycles. The molecule has 1 aromatic rings. The zero-order valence-electron chi connectivity index (χ0n) is 7.40. The monoisotopic (exact) mass is 224 g/mol. The molecule has 0 amide bonds. The summed E-state index contributed by atoms with van der Waals surface area (Å²) < 4.78 is 1.64. The van der Waals surface area contributed by atoms with Gasteiger partial charge in [-0.1, -0.05) is 0 Å². The Morgan fingerprint density at radius 3 is 2.46 bits per heavy atom. The lowest BCUT2D eigenvalue weighted by Crippen LogP contribution is -2.18. The maximum Gasteiger partial charge on any atom is 0.250 e. The maximum absolute atomic E-state index is 11.1. The van der Waals surface area contributed by atoms with Crippen LogP contribution >= 0.6 is 24.8 Å². The molecule has 0 aromatic carbocycles. The molecule has 1 rings (SSSR count). The highest BCUT2D eigenvalue weighted by Crippen LogP contribution is 1.91. The molecule has 0 unspecified atom stereocenters. The highest BCUT2D eigenvalue weighted by atomic mass is 35.5. The fourth-order valence-corrected chi connectivity index (χ4v) is 0.937. The predicted molar refractivity (Wildman–Crippen MR) is 58.8 cm³/mol. The molecule has 1 heterocycles. The Morgan fingerprint density at radius 1 is 1.46 bits per heavy atom. The van der Waals surface area contributed by atoms with E-state index in [0.29, 0.717) is 13.1 Å². The van der Waals surface area contributed by atoms with Crippen LogP contribution in [-0.2, 0) is 13.1 Å². The first-order valence-electron chi connectivity index (χ1n) is 3.67. The van der Waals surface area contributed by atoms with E-state index >= 15 is 0 Å². The number of rotatable bonds is 2. The van der Waals surface area contributed by atoms with Crippen LogP contribution in [-0.4, -0.2) is 4.57 Å². The summed E-state index contributed by atoms with van der Waals surface area (Å²) in [7, 11) is 0. The first-order valence-corrected chi connectivity index (χ1v) is 3.67. The predicted octanol–water partition coefficient (Wildman–Crippen LogP) is 1.17. The zero-order chi connectivity index (χ0) is 8.27. The standard InChI is InChI=1S/C8H12N2O.2ClH/c1-2-10-4-3-7(6-9)5-8(10)11;;/h3-5H,2,6,9H2,1H3;2*1H. The quantitative estimate of drug-likeness (QED) is 0.821. The molecule has 0 bridgehead atoms. The Morgan fingerprint density at radius 2 is 2.08 bits per heavy atom. The van der Waals surface area contributed by atoms with Gasteiger partial charge in [-0.15, -0.1) is 24.8 Å². The van der Waals surface area contributed by atoms with Crippen molar-refractivity contribution in [2.45, 2.75) is 20.0 Å². The van der Waals surface area contributed by atoms with Gasteiger partial charge in [0.05, 0.1) is 0 Å². The largest absolute Gasteiger partial charge is 0.326 e. The molecule has 0 fully saturated rings. The van der Waals surface area contributed by atoms with Crippen LogP contribution in [0.25, 0.3) is 0 Å². The van der Waals surface area contributed by atoms with Crippen molar-refractivity contribution >= 4 is 24.8 Å². The van der Waals surface area contributed by atoms with E-state index in [9.17, 15) is 4.79 Å². The van der Waals surface area contributed by atoms with Gasteiger partial charge in [0.1, 0.15) is 0 Å². The van der Waals surface area contributed by atoms with Crippen LogP contribution in [0.15, 0.2) is 23.1 Å². The second-order valence-corrected chi connectivity index (χ2v) is 2.36. The molecule has 2 N–H and O–H groups in total. The van der Waals surface area contributed by atoms with Crippen molar-refractivity contribution in [1.82, 2.24) is 4.57 Å². The number of halogens is 2. The number of aryl methyl sites for hydroxylation is 1. The SMILES string of the molecule is CCn1ccc(CN)cc1=O.Cl.Cl. The topological polar surface area (TPSA) is 48.0 Å². The average molecular weight is 225 g/mol. The lowest BCUT2D eigenvalue weighted by Gasteiger charge is -2.01. The van der Waals surface area contributed by atoms with E-state index in [1.54, 1.807) is 16.8 Å². The third-order valence-electron chi connectivity index (χ3n) is 1.64. The molecule has 0 saturated carbocycles. The van der Waals surface area contributed by atoms with Gasteiger partial charge < -0.3 is 10.3 Å². The van der Waals surface area contributed by atoms with Crippen LogP contribution in [0.5, 0.6) is 0 Å². The maximum atomic E-state index is 11.1. The van der Waals surface area contributed by atoms with Gasteiger partial charge >= 0.3 is 0 Å². The normalized spacial score (nSPS) is 8.46. The summed E-state index contributed by atoms with van der Waals surface area (Å²) in [6.45, 7) is 3.08. The third-order valence-corrected chi connectivity index (χ3v) is 1.64. The van der Waals surface area contributed by atoms with Crippen LogP contribution in [0, 0.1) is 0 Å². The Kier molecular flexibility index (Phi) is 8.01. The summed E-state index contributed by atoms with van der Waals surface area (Å²) in [5, 5.41) is 0. The minimum Gasteiger partial charge on any atom is -0.326 e. The number of hydrogen-bond acceptors (Lipinski definition) is 2. The highest BCUT2D eigenvalue weighted by Gasteiger charge is 1.93. The van der Waals surface area contributed by atoms with Crippen molar-refractivity contribution in [3.8, 4) is 0 Å². The molecule has 76 valence electrons. The molecule has 0 aliphatic rings. The highest BCUT2D eigenvalue weighted by molar-refractivity contribution is 5.85. The van der Waals surface area contributed by atoms with Crippen molar-refractivity contribution in [1.29, 1.82) is 0 Å². The lowest BCUT2D eigenvalue weighted by molar-refractivity contribution is 0.723. The summed E-state index contributed by atoms with van der Waals surface area (Å²) in [4.78, 5) is 11.1. The van der Waals surface area contributed by atoms with Crippen LogP contribution in [0.1, 0.15) is 12.5 Å². The second kappa shape index (κ2) is 6.95. The molecule has 0 spiro atoms. The van der Waals surface area contributed by atoms with Gasteiger partial charge in [-0.3, -0.25) is 4.79 Å². The van der Waals surface area contributed by atoms with Crippen molar-refractivity contribution in [3.63, 3.8) is 0 Å². The zero-order valence-corrected chi connectivity index (χ0v) is 9.03. The van der Waals surface area contributed by atoms with E-state index in [1.807, 2.05) is 13.0 Å². The van der Waals surface area contributed by atoms with Crippen LogP contribution in [0.3, 0.4) is 0 Å². The summed E-state index contributed by atoms with van der Waals surface area (Å²) in [5.41, 5.74) is 6.27. The molecular weight excluding hydrogens is 211 g/mol. The third kappa shape index (κ3) is 3.81. The Hall–Kier alpha value is -0.510. The van der Waals surface area contributed by atoms with E-state index in [2.05, 4.69) is 0 Å². The van der Waals surface area contributed by atoms with E-state index in [-0.39, 0.29) is 30.4 Å². The molecule has 13 heavy (non-hydrogen) atoms. The number of pyridine rings is 1. The first-order chi connectivity index (χ1) is 5.27. The van der Waals surface area contributed by atoms with Gasteiger partial charge in [-0.2, -0.15) is 0 Å². The molecule has 0 saturated heterocycles. The number of aromatic nitrogens is 1. The van der Waals surface area contributed by atoms with E-state index in [0.717, 1.165) is 5.56 Å². The fraction of sp³-hybridized carbons (Fsp3) is 0.375. The number of nitrogens with two attached hydrogens (primary N) is 1. The minimum atomic E-state index is 0. The lowest BCUT2D eigenvalue weighted by atomic mass is 10.3. The van der Waals surface area contributed by atoms with Crippen molar-refractivity contribution in [3.05, 3.63) is 34.2 Å². The van der Waals surface area contributed by atoms with Gasteiger partial charge in [0.25, 0.3) is 5.56 Å². The van der Waals surface area contributed by atoms with Gasteiger partial charge in [-0.25, -0.2) is 0 Å². The van der Waals surface area contributed by atoms with Crippen molar-refractivity contribution < 1.29 is 0 Å². The van der Waals surface area contributed by atoms with Crippen LogP contribution < -0.4 is 11.3 Å². The fourth-order valence-electron chi connectivity index (χ4n) is 0.937. The van der Waals surface area contributed by atoms with E-state index in [4.69, 9.17) is 5.73 Å². The molecule has 1 aromatic heterocycles. The number of hydrogen-bond donors (Lipinski definition) is 1. The van der Waals surface area contributed by atoms with E-state index in [1.165, 1.54) is 0 Å². The van der Waals surface area contributed by atoms with E-state index < -0.39 is 0 Å². The van der Waals surface area contributed by atoms with Crippen LogP contribution in [0.2, 0.25) is 0 Å². The van der Waals surface area contributed by atoms with Crippen molar-refractivity contribution in [2.24, 2.45) is 5.73 Å². The Balaban J connectivity index is 0. The molecule has 0 atom stereocenters. The van der Waals surface area contributed by atoms with Gasteiger partial charge in [0.2, 0.25) is 0 Å². The molecule has 0 radical (unpaired) electrons. The van der Waals surface area contributed by atoms with Gasteiger partial charge in [0, 0.05) is 25.4 Å². The average Bonchev–Trinajstić information content (AvgIpc) is 2.04. The molecule has 3 nitrogen and oxygen atoms in total. The first kappa shape index (κ1) is 15.0. The minimum absolute atomic E-state index is 0. The summed E-state index contributed by atoms with van der Waals surface area (Å²) in [6, 6.07) is 3.44. The van der Waals surface area contributed by atoms with Crippen LogP contribution in [0.4, 0.5) is 0 Å². The molecule has 5 heteroatoms. The summed E-state index contributed by atoms with van der Waals surface area (Å²) >= 11 is 0. The second-order valence-electron chi connectivity index (χ2n) is 2.36. The summed E-state index contributed by atoms with van der Waals surface area (Å²) in [5.74, 6) is 0. The van der Waals surface area contributed by atoms with Gasteiger partial charge in [0.15, 0.2) is 0 Å². The van der Waals surface area contributed by atoms with Gasteiger partial charge in [-0.05, 0) is 18.6 Å². The Labute approximate surface area is 89.8 Å². The Bertz CT molecular complexity index is 298. The molecular formula is C8H14Cl2N2O. The number of nitrogens with zero attached hydrogens (tertiary/aromatic N) is 1. The molecule has 0 aliphatic carbocycles.